The molecular formula is C60H106N2O6P+. The van der Waals surface area contributed by atoms with E-state index in [1.807, 2.05) is 27.2 Å². The fourth-order valence-electron chi connectivity index (χ4n) is 7.37. The van der Waals surface area contributed by atoms with Crippen molar-refractivity contribution in [2.24, 2.45) is 0 Å². The van der Waals surface area contributed by atoms with Crippen LogP contribution in [-0.2, 0) is 18.4 Å². The van der Waals surface area contributed by atoms with Crippen LogP contribution in [0.3, 0.4) is 0 Å². The lowest BCUT2D eigenvalue weighted by Crippen LogP contribution is -2.45. The van der Waals surface area contributed by atoms with Crippen LogP contribution in [0.2, 0.25) is 0 Å². The van der Waals surface area contributed by atoms with Gasteiger partial charge in [-0.3, -0.25) is 13.8 Å². The maximum Gasteiger partial charge on any atom is 0.472 e. The second kappa shape index (κ2) is 50.1. The van der Waals surface area contributed by atoms with Gasteiger partial charge in [-0.15, -0.1) is 0 Å². The zero-order valence-electron chi connectivity index (χ0n) is 45.0. The number of phosphoric ester groups is 1. The van der Waals surface area contributed by atoms with Crippen LogP contribution in [0.25, 0.3) is 0 Å². The molecule has 3 N–H and O–H groups in total. The number of phosphoric acid groups is 1. The Morgan fingerprint density at radius 3 is 1.33 bits per heavy atom. The molecule has 0 bridgehead atoms. The van der Waals surface area contributed by atoms with Gasteiger partial charge in [-0.2, -0.15) is 0 Å². The van der Waals surface area contributed by atoms with Crippen molar-refractivity contribution in [2.45, 2.75) is 225 Å². The molecule has 0 aromatic carbocycles. The largest absolute Gasteiger partial charge is 0.472 e. The fraction of sp³-hybridized carbons (Fsp3) is 0.683. The number of allylic oxidation sites excluding steroid dienone is 17. The van der Waals surface area contributed by atoms with Crippen molar-refractivity contribution < 1.29 is 32.9 Å². The normalized spacial score (nSPS) is 14.8. The van der Waals surface area contributed by atoms with Crippen LogP contribution in [-0.4, -0.2) is 73.4 Å². The average molecular weight is 982 g/mol. The Balaban J connectivity index is 4.15. The van der Waals surface area contributed by atoms with Crippen molar-refractivity contribution in [3.8, 4) is 0 Å². The number of hydrogen-bond donors (Lipinski definition) is 3. The number of amides is 1. The number of likely N-dealkylation sites (N-methyl/N-ethyl adjacent to an activating group) is 1. The standard InChI is InChI=1S/C60H105N2O6P/c1-6-8-10-12-14-16-18-20-22-23-24-25-26-27-28-29-30-31-32-33-34-35-36-37-38-39-40-42-44-46-48-50-52-54-60(64)61-58(57-68-69(65,66)67-56-55-62(3,4)5)59(63)53-51-49-47-45-43-41-21-19-17-15-13-11-9-7-2/h8,10,14,16-17,19-20,22,24-25,27-28,30-31,43,45,51,53,58-59,63H,6-7,9,11-13,15,18,21,23,26,29,32-42,44,46-50,52,54-57H2,1-5H3,(H-,61,64,65,66)/p+1/b10-8-,16-14-,19-17+,22-20-,25-24-,28-27-,31-30-,45-43+,53-51+. The van der Waals surface area contributed by atoms with Gasteiger partial charge in [-0.25, -0.2) is 4.57 Å². The molecule has 0 aliphatic rings. The molecule has 0 radical (unpaired) electrons. The molecule has 0 saturated carbocycles. The topological polar surface area (TPSA) is 105 Å². The number of nitrogens with one attached hydrogen (secondary N) is 1. The molecule has 0 rings (SSSR count). The number of carbonyl (C=O) groups is 1. The third-order valence-electron chi connectivity index (χ3n) is 11.7. The molecule has 0 saturated heterocycles. The number of aliphatic hydroxyl groups excluding tert-OH is 1. The molecule has 0 aromatic rings. The van der Waals surface area contributed by atoms with E-state index in [2.05, 4.69) is 116 Å². The van der Waals surface area contributed by atoms with Crippen LogP contribution < -0.4 is 5.32 Å². The number of rotatable bonds is 49. The highest BCUT2D eigenvalue weighted by molar-refractivity contribution is 7.47. The van der Waals surface area contributed by atoms with Crippen LogP contribution in [0.5, 0.6) is 0 Å². The summed E-state index contributed by atoms with van der Waals surface area (Å²) in [5, 5.41) is 13.9. The maximum atomic E-state index is 12.9. The van der Waals surface area contributed by atoms with Gasteiger partial charge in [0.25, 0.3) is 0 Å². The zero-order chi connectivity index (χ0) is 50.6. The van der Waals surface area contributed by atoms with E-state index >= 15 is 0 Å². The molecular weight excluding hydrogens is 876 g/mol. The third-order valence-corrected chi connectivity index (χ3v) is 12.7. The molecule has 0 aliphatic carbocycles. The van der Waals surface area contributed by atoms with Crippen LogP contribution in [0.4, 0.5) is 0 Å². The first kappa shape index (κ1) is 66.2. The summed E-state index contributed by atoms with van der Waals surface area (Å²) in [5.74, 6) is -0.197. The lowest BCUT2D eigenvalue weighted by molar-refractivity contribution is -0.870. The lowest BCUT2D eigenvalue weighted by atomic mass is 10.0. The predicted molar refractivity (Wildman–Crippen MR) is 299 cm³/mol. The van der Waals surface area contributed by atoms with Crippen LogP contribution in [0, 0.1) is 0 Å². The summed E-state index contributed by atoms with van der Waals surface area (Å²) in [4.78, 5) is 23.2. The Bertz CT molecular complexity index is 1490. The first-order valence-corrected chi connectivity index (χ1v) is 29.3. The van der Waals surface area contributed by atoms with Crippen molar-refractivity contribution in [1.82, 2.24) is 5.32 Å². The second-order valence-electron chi connectivity index (χ2n) is 19.6. The summed E-state index contributed by atoms with van der Waals surface area (Å²) in [6.07, 6.45) is 73.3. The van der Waals surface area contributed by atoms with Crippen molar-refractivity contribution >= 4 is 13.7 Å². The van der Waals surface area contributed by atoms with Crippen molar-refractivity contribution in [1.29, 1.82) is 0 Å². The molecule has 0 aliphatic heterocycles. The highest BCUT2D eigenvalue weighted by Crippen LogP contribution is 2.43. The van der Waals surface area contributed by atoms with Crippen molar-refractivity contribution in [3.63, 3.8) is 0 Å². The number of unbranched alkanes of at least 4 members (excludes halogenated alkanes) is 20. The molecule has 0 aromatic heterocycles. The zero-order valence-corrected chi connectivity index (χ0v) is 45.9. The van der Waals surface area contributed by atoms with Crippen LogP contribution >= 0.6 is 7.82 Å². The number of hydrogen-bond acceptors (Lipinski definition) is 5. The van der Waals surface area contributed by atoms with E-state index in [9.17, 15) is 19.4 Å². The summed E-state index contributed by atoms with van der Waals surface area (Å²) in [7, 11) is 1.53. The van der Waals surface area contributed by atoms with E-state index in [1.165, 1.54) is 109 Å². The van der Waals surface area contributed by atoms with E-state index in [4.69, 9.17) is 9.05 Å². The average Bonchev–Trinajstić information content (AvgIpc) is 3.31. The number of nitrogens with zero attached hydrogens (tertiary/aromatic N) is 1. The minimum atomic E-state index is -4.36. The molecule has 3 atom stereocenters. The molecule has 0 fully saturated rings. The van der Waals surface area contributed by atoms with Gasteiger partial charge in [-0.1, -0.05) is 220 Å². The summed E-state index contributed by atoms with van der Waals surface area (Å²) in [5.41, 5.74) is 0. The van der Waals surface area contributed by atoms with E-state index in [1.54, 1.807) is 6.08 Å². The van der Waals surface area contributed by atoms with Gasteiger partial charge in [0, 0.05) is 6.42 Å². The van der Waals surface area contributed by atoms with Gasteiger partial charge >= 0.3 is 7.82 Å². The number of aliphatic hydroxyl groups is 1. The van der Waals surface area contributed by atoms with E-state index in [0.717, 1.165) is 83.5 Å². The number of quaternary nitrogens is 1. The van der Waals surface area contributed by atoms with Crippen LogP contribution in [0.1, 0.15) is 213 Å². The molecule has 9 heteroatoms. The van der Waals surface area contributed by atoms with E-state index < -0.39 is 20.0 Å². The molecule has 396 valence electrons. The van der Waals surface area contributed by atoms with Gasteiger partial charge in [-0.05, 0) is 96.3 Å². The monoisotopic (exact) mass is 982 g/mol. The molecule has 1 amide bonds. The minimum Gasteiger partial charge on any atom is -0.387 e. The molecule has 3 unspecified atom stereocenters. The van der Waals surface area contributed by atoms with Crippen molar-refractivity contribution in [2.75, 3.05) is 40.9 Å². The summed E-state index contributed by atoms with van der Waals surface area (Å²) in [6, 6.07) is -0.875. The Hall–Kier alpha value is -2.84. The van der Waals surface area contributed by atoms with Gasteiger partial charge < -0.3 is 19.8 Å². The van der Waals surface area contributed by atoms with Gasteiger partial charge in [0.1, 0.15) is 13.2 Å². The van der Waals surface area contributed by atoms with Gasteiger partial charge in [0.2, 0.25) is 5.91 Å². The van der Waals surface area contributed by atoms with E-state index in [0.29, 0.717) is 17.4 Å². The quantitative estimate of drug-likeness (QED) is 0.0243. The summed E-state index contributed by atoms with van der Waals surface area (Å²) >= 11 is 0. The Labute approximate surface area is 425 Å². The second-order valence-corrected chi connectivity index (χ2v) is 21.0. The fourth-order valence-corrected chi connectivity index (χ4v) is 8.11. The lowest BCUT2D eigenvalue weighted by Gasteiger charge is -2.25. The smallest absolute Gasteiger partial charge is 0.387 e. The third kappa shape index (κ3) is 52.8. The molecule has 69 heavy (non-hydrogen) atoms. The van der Waals surface area contributed by atoms with Gasteiger partial charge in [0.05, 0.1) is 39.9 Å². The van der Waals surface area contributed by atoms with Gasteiger partial charge in [0.15, 0.2) is 0 Å². The molecule has 8 nitrogen and oxygen atoms in total. The Kier molecular flexibility index (Phi) is 48.1. The van der Waals surface area contributed by atoms with Crippen LogP contribution in [0.15, 0.2) is 109 Å². The Morgan fingerprint density at radius 2 is 0.884 bits per heavy atom. The first-order valence-electron chi connectivity index (χ1n) is 27.8. The Morgan fingerprint density at radius 1 is 0.507 bits per heavy atom. The minimum absolute atomic E-state index is 0.0490. The maximum absolute atomic E-state index is 12.9. The van der Waals surface area contributed by atoms with E-state index in [-0.39, 0.29) is 19.1 Å². The SMILES string of the molecule is CC/C=C\C/C=C\C/C=C\C/C=C\C/C=C\C/C=C\CCCCCCCCCCCCCCCCC(=O)NC(COP(=O)(O)OCC[N+](C)(C)C)C(O)/C=C/CC/C=C/CC/C=C/CCCCCC. The number of carbonyl (C=O) groups excluding carboxylic acids is 1. The van der Waals surface area contributed by atoms with Crippen molar-refractivity contribution in [3.05, 3.63) is 109 Å². The molecule has 0 heterocycles. The highest BCUT2D eigenvalue weighted by Gasteiger charge is 2.27. The first-order chi connectivity index (χ1) is 33.5. The predicted octanol–water partition coefficient (Wildman–Crippen LogP) is 16.8. The summed E-state index contributed by atoms with van der Waals surface area (Å²) < 4.78 is 23.6. The molecule has 0 spiro atoms. The summed E-state index contributed by atoms with van der Waals surface area (Å²) in [6.45, 7) is 4.63. The highest BCUT2D eigenvalue weighted by atomic mass is 31.2.